The van der Waals surface area contributed by atoms with Crippen LogP contribution in [0.2, 0.25) is 0 Å². The van der Waals surface area contributed by atoms with Gasteiger partial charge in [0.1, 0.15) is 0 Å². The molecule has 0 bridgehead atoms. The van der Waals surface area contributed by atoms with Crippen LogP contribution in [0, 0.1) is 0 Å². The van der Waals surface area contributed by atoms with Crippen LogP contribution in [0.25, 0.3) is 0 Å². The van der Waals surface area contributed by atoms with Gasteiger partial charge in [-0.05, 0) is 13.0 Å². The Bertz CT molecular complexity index is 266. The second kappa shape index (κ2) is 3.02. The van der Waals surface area contributed by atoms with Gasteiger partial charge in [0.15, 0.2) is 5.60 Å². The van der Waals surface area contributed by atoms with Crippen molar-refractivity contribution in [3.63, 3.8) is 0 Å². The number of halogens is 3. The van der Waals surface area contributed by atoms with Crippen LogP contribution in [0.1, 0.15) is 6.92 Å². The lowest BCUT2D eigenvalue weighted by Crippen LogP contribution is -2.45. The highest BCUT2D eigenvalue weighted by Crippen LogP contribution is 2.30. The van der Waals surface area contributed by atoms with Crippen molar-refractivity contribution in [2.45, 2.75) is 25.2 Å². The van der Waals surface area contributed by atoms with Crippen molar-refractivity contribution in [3.05, 3.63) is 18.5 Å². The minimum atomic E-state index is -4.64. The molecule has 3 nitrogen and oxygen atoms in total. The van der Waals surface area contributed by atoms with Gasteiger partial charge in [-0.25, -0.2) is 0 Å². The van der Waals surface area contributed by atoms with E-state index in [1.54, 1.807) is 0 Å². The van der Waals surface area contributed by atoms with E-state index in [0.717, 1.165) is 4.68 Å². The van der Waals surface area contributed by atoms with Gasteiger partial charge in [0.25, 0.3) is 0 Å². The van der Waals surface area contributed by atoms with Crippen molar-refractivity contribution < 1.29 is 18.3 Å². The molecule has 6 heteroatoms. The Morgan fingerprint density at radius 1 is 1.46 bits per heavy atom. The maximum absolute atomic E-state index is 12.1. The maximum Gasteiger partial charge on any atom is 0.418 e. The fourth-order valence-corrected chi connectivity index (χ4v) is 0.799. The minimum Gasteiger partial charge on any atom is -0.379 e. The predicted molar refractivity (Wildman–Crippen MR) is 38.9 cm³/mol. The SMILES string of the molecule is CC(O)(Cn1cccn1)C(F)(F)F. The van der Waals surface area contributed by atoms with Gasteiger partial charge in [0.2, 0.25) is 0 Å². The van der Waals surface area contributed by atoms with E-state index in [1.807, 2.05) is 0 Å². The summed E-state index contributed by atoms with van der Waals surface area (Å²) < 4.78 is 37.4. The van der Waals surface area contributed by atoms with E-state index >= 15 is 0 Å². The van der Waals surface area contributed by atoms with Crippen molar-refractivity contribution in [1.29, 1.82) is 0 Å². The summed E-state index contributed by atoms with van der Waals surface area (Å²) >= 11 is 0. The number of rotatable bonds is 2. The lowest BCUT2D eigenvalue weighted by Gasteiger charge is -2.25. The summed E-state index contributed by atoms with van der Waals surface area (Å²) in [4.78, 5) is 0. The zero-order valence-corrected chi connectivity index (χ0v) is 6.91. The highest BCUT2D eigenvalue weighted by atomic mass is 19.4. The lowest BCUT2D eigenvalue weighted by atomic mass is 10.1. The van der Waals surface area contributed by atoms with Crippen LogP contribution in [0.4, 0.5) is 13.2 Å². The van der Waals surface area contributed by atoms with E-state index in [-0.39, 0.29) is 0 Å². The third kappa shape index (κ3) is 2.21. The summed E-state index contributed by atoms with van der Waals surface area (Å²) in [6, 6.07) is 1.49. The molecule has 0 saturated carbocycles. The average molecular weight is 194 g/mol. The first-order valence-corrected chi connectivity index (χ1v) is 3.59. The quantitative estimate of drug-likeness (QED) is 0.768. The normalized spacial score (nSPS) is 17.0. The molecule has 0 amide bonds. The van der Waals surface area contributed by atoms with Crippen LogP contribution >= 0.6 is 0 Å². The van der Waals surface area contributed by atoms with Gasteiger partial charge >= 0.3 is 6.18 Å². The van der Waals surface area contributed by atoms with Crippen molar-refractivity contribution in [1.82, 2.24) is 9.78 Å². The molecule has 0 aliphatic heterocycles. The number of hydrogen-bond acceptors (Lipinski definition) is 2. The predicted octanol–water partition coefficient (Wildman–Crippen LogP) is 1.20. The molecule has 0 fully saturated rings. The molecule has 0 aliphatic rings. The molecule has 1 rings (SSSR count). The fourth-order valence-electron chi connectivity index (χ4n) is 0.799. The largest absolute Gasteiger partial charge is 0.418 e. The molecule has 0 aromatic carbocycles. The zero-order valence-electron chi connectivity index (χ0n) is 6.91. The summed E-state index contributed by atoms with van der Waals surface area (Å²) in [6.07, 6.45) is -1.92. The second-order valence-corrected chi connectivity index (χ2v) is 2.98. The van der Waals surface area contributed by atoms with Crippen molar-refractivity contribution >= 4 is 0 Å². The Kier molecular flexibility index (Phi) is 2.34. The summed E-state index contributed by atoms with van der Waals surface area (Å²) in [6.45, 7) is 0.123. The van der Waals surface area contributed by atoms with E-state index < -0.39 is 18.3 Å². The highest BCUT2D eigenvalue weighted by Gasteiger charge is 2.50. The first-order chi connectivity index (χ1) is 5.83. The van der Waals surface area contributed by atoms with Crippen molar-refractivity contribution in [3.8, 4) is 0 Å². The first kappa shape index (κ1) is 10.0. The Morgan fingerprint density at radius 3 is 2.46 bits per heavy atom. The van der Waals surface area contributed by atoms with E-state index in [4.69, 9.17) is 5.11 Å². The molecule has 1 atom stereocenters. The molecule has 74 valence electrons. The third-order valence-electron chi connectivity index (χ3n) is 1.64. The standard InChI is InChI=1S/C7H9F3N2O/c1-6(13,7(8,9)10)5-12-4-2-3-11-12/h2-4,13H,5H2,1H3. The summed E-state index contributed by atoms with van der Waals surface area (Å²) in [5.74, 6) is 0. The Labute approximate surface area is 72.8 Å². The van der Waals surface area contributed by atoms with E-state index in [9.17, 15) is 13.2 Å². The van der Waals surface area contributed by atoms with Gasteiger partial charge in [-0.2, -0.15) is 18.3 Å². The molecule has 1 heterocycles. The maximum atomic E-state index is 12.1. The molecule has 1 N–H and O–H groups in total. The number of hydrogen-bond donors (Lipinski definition) is 1. The Morgan fingerprint density at radius 2 is 2.08 bits per heavy atom. The zero-order chi connectivity index (χ0) is 10.1. The van der Waals surface area contributed by atoms with Crippen molar-refractivity contribution in [2.24, 2.45) is 0 Å². The molecular formula is C7H9F3N2O. The molecule has 0 aliphatic carbocycles. The van der Waals surface area contributed by atoms with E-state index in [2.05, 4.69) is 5.10 Å². The van der Waals surface area contributed by atoms with Crippen LogP contribution in [-0.4, -0.2) is 26.7 Å². The van der Waals surface area contributed by atoms with E-state index in [0.29, 0.717) is 6.92 Å². The Balaban J connectivity index is 2.73. The molecule has 1 unspecified atom stereocenters. The van der Waals surface area contributed by atoms with Gasteiger partial charge in [0.05, 0.1) is 6.54 Å². The number of aromatic nitrogens is 2. The number of nitrogens with zero attached hydrogens (tertiary/aromatic N) is 2. The molecular weight excluding hydrogens is 185 g/mol. The summed E-state index contributed by atoms with van der Waals surface area (Å²) in [5.41, 5.74) is -2.74. The Hall–Kier alpha value is -1.04. The van der Waals surface area contributed by atoms with Gasteiger partial charge < -0.3 is 5.11 Å². The first-order valence-electron chi connectivity index (χ1n) is 3.59. The molecule has 13 heavy (non-hydrogen) atoms. The van der Waals surface area contributed by atoms with Crippen LogP contribution in [0.3, 0.4) is 0 Å². The van der Waals surface area contributed by atoms with E-state index in [1.165, 1.54) is 18.5 Å². The topological polar surface area (TPSA) is 38.0 Å². The lowest BCUT2D eigenvalue weighted by molar-refractivity contribution is -0.258. The molecule has 0 radical (unpaired) electrons. The summed E-state index contributed by atoms with van der Waals surface area (Å²) in [5, 5.41) is 12.6. The third-order valence-corrected chi connectivity index (χ3v) is 1.64. The van der Waals surface area contributed by atoms with Crippen LogP contribution in [0.15, 0.2) is 18.5 Å². The van der Waals surface area contributed by atoms with Gasteiger partial charge in [0, 0.05) is 12.4 Å². The van der Waals surface area contributed by atoms with Gasteiger partial charge in [-0.3, -0.25) is 4.68 Å². The van der Waals surface area contributed by atoms with Gasteiger partial charge in [-0.15, -0.1) is 0 Å². The van der Waals surface area contributed by atoms with Gasteiger partial charge in [-0.1, -0.05) is 0 Å². The fraction of sp³-hybridized carbons (Fsp3) is 0.571. The smallest absolute Gasteiger partial charge is 0.379 e. The molecule has 1 aromatic heterocycles. The molecule has 0 saturated heterocycles. The van der Waals surface area contributed by atoms with Crippen LogP contribution < -0.4 is 0 Å². The molecule has 0 spiro atoms. The molecule has 1 aromatic rings. The average Bonchev–Trinajstić information content (AvgIpc) is 2.35. The number of alkyl halides is 3. The number of aliphatic hydroxyl groups is 1. The monoisotopic (exact) mass is 194 g/mol. The second-order valence-electron chi connectivity index (χ2n) is 2.98. The minimum absolute atomic E-state index is 0.594. The van der Waals surface area contributed by atoms with Crippen molar-refractivity contribution in [2.75, 3.05) is 0 Å². The highest BCUT2D eigenvalue weighted by molar-refractivity contribution is 4.85. The van der Waals surface area contributed by atoms with Crippen LogP contribution in [-0.2, 0) is 6.54 Å². The summed E-state index contributed by atoms with van der Waals surface area (Å²) in [7, 11) is 0. The van der Waals surface area contributed by atoms with Crippen LogP contribution in [0.5, 0.6) is 0 Å².